The number of anilines is 1. The van der Waals surface area contributed by atoms with Gasteiger partial charge in [-0.3, -0.25) is 4.79 Å². The number of aryl methyl sites for hydroxylation is 1. The minimum absolute atomic E-state index is 0.138. The Hall–Kier alpha value is -1.46. The SMILES string of the molecule is Cc1nnc(CN(C(=O)C(C)Cl)c2ccccc2)s1. The van der Waals surface area contributed by atoms with Crippen LogP contribution in [0, 0.1) is 6.92 Å². The number of hydrogen-bond donors (Lipinski definition) is 0. The van der Waals surface area contributed by atoms with Crippen LogP contribution in [0.2, 0.25) is 0 Å². The fourth-order valence-corrected chi connectivity index (χ4v) is 2.47. The molecule has 1 heterocycles. The molecule has 0 fully saturated rings. The van der Waals surface area contributed by atoms with E-state index in [4.69, 9.17) is 11.6 Å². The highest BCUT2D eigenvalue weighted by molar-refractivity contribution is 7.11. The van der Waals surface area contributed by atoms with Crippen molar-refractivity contribution in [3.05, 3.63) is 40.3 Å². The van der Waals surface area contributed by atoms with Gasteiger partial charge in [-0.1, -0.05) is 29.5 Å². The van der Waals surface area contributed by atoms with Crippen molar-refractivity contribution in [2.45, 2.75) is 25.8 Å². The Balaban J connectivity index is 2.27. The molecule has 1 aromatic carbocycles. The van der Waals surface area contributed by atoms with E-state index in [2.05, 4.69) is 10.2 Å². The molecular formula is C13H14ClN3OS. The highest BCUT2D eigenvalue weighted by atomic mass is 35.5. The van der Waals surface area contributed by atoms with E-state index in [1.54, 1.807) is 11.8 Å². The normalized spacial score (nSPS) is 12.2. The van der Waals surface area contributed by atoms with Gasteiger partial charge in [0.2, 0.25) is 5.91 Å². The molecule has 6 heteroatoms. The lowest BCUT2D eigenvalue weighted by Crippen LogP contribution is -2.35. The summed E-state index contributed by atoms with van der Waals surface area (Å²) in [5, 5.41) is 9.13. The summed E-state index contributed by atoms with van der Waals surface area (Å²) >= 11 is 7.40. The first-order valence-electron chi connectivity index (χ1n) is 5.87. The van der Waals surface area contributed by atoms with E-state index in [1.807, 2.05) is 37.3 Å². The second kappa shape index (κ2) is 6.12. The van der Waals surface area contributed by atoms with Gasteiger partial charge in [0.05, 0.1) is 6.54 Å². The molecular weight excluding hydrogens is 282 g/mol. The smallest absolute Gasteiger partial charge is 0.245 e. The highest BCUT2D eigenvalue weighted by Gasteiger charge is 2.21. The van der Waals surface area contributed by atoms with Gasteiger partial charge in [0, 0.05) is 5.69 Å². The lowest BCUT2D eigenvalue weighted by atomic mass is 10.2. The third-order valence-electron chi connectivity index (χ3n) is 2.54. The molecule has 0 saturated heterocycles. The number of alkyl halides is 1. The zero-order chi connectivity index (χ0) is 13.8. The van der Waals surface area contributed by atoms with Crippen molar-refractivity contribution in [3.63, 3.8) is 0 Å². The maximum absolute atomic E-state index is 12.2. The van der Waals surface area contributed by atoms with E-state index in [0.717, 1.165) is 15.7 Å². The lowest BCUT2D eigenvalue weighted by Gasteiger charge is -2.22. The molecule has 0 aliphatic carbocycles. The average Bonchev–Trinajstić information content (AvgIpc) is 2.81. The fourth-order valence-electron chi connectivity index (χ4n) is 1.66. The minimum Gasteiger partial charge on any atom is -0.304 e. The van der Waals surface area contributed by atoms with Gasteiger partial charge < -0.3 is 4.90 Å². The third kappa shape index (κ3) is 3.52. The summed E-state index contributed by atoms with van der Waals surface area (Å²) in [7, 11) is 0. The van der Waals surface area contributed by atoms with Crippen LogP contribution in [0.15, 0.2) is 30.3 Å². The third-order valence-corrected chi connectivity index (χ3v) is 3.55. The zero-order valence-electron chi connectivity index (χ0n) is 10.7. The van der Waals surface area contributed by atoms with Crippen molar-refractivity contribution < 1.29 is 4.79 Å². The molecule has 0 bridgehead atoms. The van der Waals surface area contributed by atoms with E-state index in [1.165, 1.54) is 11.3 Å². The predicted molar refractivity (Wildman–Crippen MR) is 77.6 cm³/mol. The Morgan fingerprint density at radius 1 is 1.37 bits per heavy atom. The molecule has 0 saturated carbocycles. The van der Waals surface area contributed by atoms with Crippen LogP contribution >= 0.6 is 22.9 Å². The zero-order valence-corrected chi connectivity index (χ0v) is 12.3. The van der Waals surface area contributed by atoms with E-state index in [9.17, 15) is 4.79 Å². The summed E-state index contributed by atoms with van der Waals surface area (Å²) in [6.45, 7) is 3.95. The first-order valence-corrected chi connectivity index (χ1v) is 7.12. The number of amides is 1. The van der Waals surface area contributed by atoms with Crippen LogP contribution in [-0.2, 0) is 11.3 Å². The summed E-state index contributed by atoms with van der Waals surface area (Å²) < 4.78 is 0. The lowest BCUT2D eigenvalue weighted by molar-refractivity contribution is -0.118. The summed E-state index contributed by atoms with van der Waals surface area (Å²) in [4.78, 5) is 13.8. The number of benzene rings is 1. The van der Waals surface area contributed by atoms with Gasteiger partial charge in [-0.05, 0) is 26.0 Å². The Bertz CT molecular complexity index is 556. The van der Waals surface area contributed by atoms with Crippen molar-refractivity contribution in [3.8, 4) is 0 Å². The van der Waals surface area contributed by atoms with Crippen LogP contribution in [-0.4, -0.2) is 21.5 Å². The fraction of sp³-hybridized carbons (Fsp3) is 0.308. The summed E-state index contributed by atoms with van der Waals surface area (Å²) in [5.74, 6) is -0.138. The Kier molecular flexibility index (Phi) is 4.50. The van der Waals surface area contributed by atoms with E-state index in [-0.39, 0.29) is 5.91 Å². The van der Waals surface area contributed by atoms with Gasteiger partial charge in [0.25, 0.3) is 0 Å². The topological polar surface area (TPSA) is 46.1 Å². The maximum atomic E-state index is 12.2. The van der Waals surface area contributed by atoms with E-state index < -0.39 is 5.38 Å². The number of halogens is 1. The molecule has 19 heavy (non-hydrogen) atoms. The molecule has 1 atom stereocenters. The number of nitrogens with zero attached hydrogens (tertiary/aromatic N) is 3. The monoisotopic (exact) mass is 295 g/mol. The van der Waals surface area contributed by atoms with Crippen molar-refractivity contribution >= 4 is 34.5 Å². The van der Waals surface area contributed by atoms with Crippen LogP contribution < -0.4 is 4.90 Å². The number of hydrogen-bond acceptors (Lipinski definition) is 4. The first kappa shape index (κ1) is 14.0. The molecule has 0 aliphatic heterocycles. The van der Waals surface area contributed by atoms with Crippen LogP contribution in [0.3, 0.4) is 0 Å². The number of carbonyl (C=O) groups excluding carboxylic acids is 1. The van der Waals surface area contributed by atoms with Crippen LogP contribution in [0.5, 0.6) is 0 Å². The minimum atomic E-state index is -0.575. The molecule has 1 amide bonds. The van der Waals surface area contributed by atoms with Crippen LogP contribution in [0.1, 0.15) is 16.9 Å². The molecule has 2 aromatic rings. The molecule has 1 unspecified atom stereocenters. The second-order valence-corrected chi connectivity index (χ2v) is 6.01. The molecule has 1 aromatic heterocycles. The quantitative estimate of drug-likeness (QED) is 0.815. The van der Waals surface area contributed by atoms with Gasteiger partial charge >= 0.3 is 0 Å². The van der Waals surface area contributed by atoms with Gasteiger partial charge in [-0.2, -0.15) is 0 Å². The summed E-state index contributed by atoms with van der Waals surface area (Å²) in [5.41, 5.74) is 0.813. The molecule has 0 radical (unpaired) electrons. The largest absolute Gasteiger partial charge is 0.304 e. The predicted octanol–water partition coefficient (Wildman–Crippen LogP) is 3.01. The van der Waals surface area contributed by atoms with Crippen LogP contribution in [0.25, 0.3) is 0 Å². The number of carbonyl (C=O) groups is 1. The average molecular weight is 296 g/mol. The molecule has 0 spiro atoms. The first-order chi connectivity index (χ1) is 9.08. The molecule has 0 N–H and O–H groups in total. The van der Waals surface area contributed by atoms with Gasteiger partial charge in [0.15, 0.2) is 0 Å². The number of aromatic nitrogens is 2. The summed E-state index contributed by atoms with van der Waals surface area (Å²) in [6, 6.07) is 9.45. The van der Waals surface area contributed by atoms with Gasteiger partial charge in [-0.15, -0.1) is 21.8 Å². The molecule has 4 nitrogen and oxygen atoms in total. The number of rotatable bonds is 4. The van der Waals surface area contributed by atoms with Crippen molar-refractivity contribution in [1.29, 1.82) is 0 Å². The van der Waals surface area contributed by atoms with Crippen LogP contribution in [0.4, 0.5) is 5.69 Å². The molecule has 0 aliphatic rings. The van der Waals surface area contributed by atoms with Crippen molar-refractivity contribution in [2.24, 2.45) is 0 Å². The van der Waals surface area contributed by atoms with Gasteiger partial charge in [0.1, 0.15) is 15.4 Å². The second-order valence-electron chi connectivity index (χ2n) is 4.09. The van der Waals surface area contributed by atoms with Gasteiger partial charge in [-0.25, -0.2) is 0 Å². The Morgan fingerprint density at radius 2 is 2.05 bits per heavy atom. The highest BCUT2D eigenvalue weighted by Crippen LogP contribution is 2.20. The number of para-hydroxylation sites is 1. The van der Waals surface area contributed by atoms with Crippen molar-refractivity contribution in [2.75, 3.05) is 4.90 Å². The molecule has 2 rings (SSSR count). The van der Waals surface area contributed by atoms with E-state index >= 15 is 0 Å². The Morgan fingerprint density at radius 3 is 2.58 bits per heavy atom. The molecule has 100 valence electrons. The standard InChI is InChI=1S/C13H14ClN3OS/c1-9(14)13(18)17(11-6-4-3-5-7-11)8-12-16-15-10(2)19-12/h3-7,9H,8H2,1-2H3. The Labute approximate surface area is 121 Å². The van der Waals surface area contributed by atoms with Crippen molar-refractivity contribution in [1.82, 2.24) is 10.2 Å². The van der Waals surface area contributed by atoms with E-state index in [0.29, 0.717) is 6.54 Å². The maximum Gasteiger partial charge on any atom is 0.245 e. The summed E-state index contributed by atoms with van der Waals surface area (Å²) in [6.07, 6.45) is 0.